The molecule has 1 saturated heterocycles. The third-order valence-corrected chi connectivity index (χ3v) is 3.00. The minimum atomic E-state index is -0.436. The molecule has 1 aliphatic rings. The lowest BCUT2D eigenvalue weighted by Crippen LogP contribution is -2.53. The highest BCUT2D eigenvalue weighted by molar-refractivity contribution is 5.19. The van der Waals surface area contributed by atoms with Crippen LogP contribution in [0.3, 0.4) is 0 Å². The molecule has 1 aromatic rings. The van der Waals surface area contributed by atoms with Gasteiger partial charge in [0.05, 0.1) is 6.61 Å². The van der Waals surface area contributed by atoms with Gasteiger partial charge in [-0.1, -0.05) is 25.1 Å². The SMILES string of the molecule is CC1CNC(C)(Cc2ccccc2F)OC1. The number of hydrogen-bond donors (Lipinski definition) is 1. The van der Waals surface area contributed by atoms with Crippen molar-refractivity contribution in [1.82, 2.24) is 5.32 Å². The van der Waals surface area contributed by atoms with Crippen LogP contribution < -0.4 is 5.32 Å². The van der Waals surface area contributed by atoms with Gasteiger partial charge >= 0.3 is 0 Å². The van der Waals surface area contributed by atoms with Crippen molar-refractivity contribution < 1.29 is 9.13 Å². The van der Waals surface area contributed by atoms with E-state index in [1.165, 1.54) is 6.07 Å². The Morgan fingerprint density at radius 3 is 2.88 bits per heavy atom. The zero-order chi connectivity index (χ0) is 11.6. The molecule has 3 heteroatoms. The fraction of sp³-hybridized carbons (Fsp3) is 0.538. The molecule has 1 aliphatic heterocycles. The molecule has 1 aromatic carbocycles. The molecule has 0 saturated carbocycles. The van der Waals surface area contributed by atoms with Crippen molar-refractivity contribution in [3.63, 3.8) is 0 Å². The molecule has 2 nitrogen and oxygen atoms in total. The highest BCUT2D eigenvalue weighted by atomic mass is 19.1. The summed E-state index contributed by atoms with van der Waals surface area (Å²) >= 11 is 0. The largest absolute Gasteiger partial charge is 0.360 e. The lowest BCUT2D eigenvalue weighted by Gasteiger charge is -2.38. The van der Waals surface area contributed by atoms with Crippen LogP contribution in [0.25, 0.3) is 0 Å². The summed E-state index contributed by atoms with van der Waals surface area (Å²) in [5, 5.41) is 3.33. The average molecular weight is 223 g/mol. The van der Waals surface area contributed by atoms with Crippen LogP contribution in [0.2, 0.25) is 0 Å². The Morgan fingerprint density at radius 2 is 2.25 bits per heavy atom. The van der Waals surface area contributed by atoms with Crippen LogP contribution in [0, 0.1) is 11.7 Å². The molecular weight excluding hydrogens is 205 g/mol. The van der Waals surface area contributed by atoms with Crippen molar-refractivity contribution >= 4 is 0 Å². The van der Waals surface area contributed by atoms with Gasteiger partial charge in [-0.05, 0) is 24.5 Å². The Bertz CT molecular complexity index is 359. The van der Waals surface area contributed by atoms with Gasteiger partial charge in [0.1, 0.15) is 11.5 Å². The first-order chi connectivity index (χ1) is 7.59. The second-order valence-electron chi connectivity index (χ2n) is 4.80. The van der Waals surface area contributed by atoms with Crippen molar-refractivity contribution in [3.05, 3.63) is 35.6 Å². The standard InChI is InChI=1S/C13H18FNO/c1-10-8-15-13(2,16-9-10)7-11-5-3-4-6-12(11)14/h3-6,10,15H,7-9H2,1-2H3. The van der Waals surface area contributed by atoms with Gasteiger partial charge in [-0.3, -0.25) is 5.32 Å². The van der Waals surface area contributed by atoms with Gasteiger partial charge in [0, 0.05) is 13.0 Å². The lowest BCUT2D eigenvalue weighted by molar-refractivity contribution is -0.100. The maximum atomic E-state index is 13.5. The van der Waals surface area contributed by atoms with E-state index in [1.807, 2.05) is 19.1 Å². The molecule has 2 unspecified atom stereocenters. The molecule has 2 atom stereocenters. The van der Waals surface area contributed by atoms with Crippen LogP contribution in [0.15, 0.2) is 24.3 Å². The van der Waals surface area contributed by atoms with Gasteiger partial charge in [-0.25, -0.2) is 4.39 Å². The van der Waals surface area contributed by atoms with Crippen molar-refractivity contribution in [3.8, 4) is 0 Å². The molecule has 1 N–H and O–H groups in total. The highest BCUT2D eigenvalue weighted by Crippen LogP contribution is 2.21. The summed E-state index contributed by atoms with van der Waals surface area (Å²) in [5.41, 5.74) is 0.265. The zero-order valence-corrected chi connectivity index (χ0v) is 9.79. The van der Waals surface area contributed by atoms with Crippen LogP contribution in [-0.4, -0.2) is 18.9 Å². The Morgan fingerprint density at radius 1 is 1.50 bits per heavy atom. The Hall–Kier alpha value is -0.930. The lowest BCUT2D eigenvalue weighted by atomic mass is 10.0. The van der Waals surface area contributed by atoms with E-state index in [0.29, 0.717) is 17.9 Å². The van der Waals surface area contributed by atoms with Crippen molar-refractivity contribution in [2.45, 2.75) is 26.0 Å². The first-order valence-electron chi connectivity index (χ1n) is 5.71. The van der Waals surface area contributed by atoms with Gasteiger partial charge in [0.2, 0.25) is 0 Å². The van der Waals surface area contributed by atoms with Gasteiger partial charge in [0.15, 0.2) is 0 Å². The predicted octanol–water partition coefficient (Wildman–Crippen LogP) is 2.34. The molecule has 0 amide bonds. The number of ether oxygens (including phenoxy) is 1. The van der Waals surface area contributed by atoms with Crippen molar-refractivity contribution in [2.75, 3.05) is 13.2 Å². The number of hydrogen-bond acceptors (Lipinski definition) is 2. The minimum absolute atomic E-state index is 0.159. The van der Waals surface area contributed by atoms with Gasteiger partial charge in [0.25, 0.3) is 0 Å². The third-order valence-electron chi connectivity index (χ3n) is 3.00. The molecule has 0 bridgehead atoms. The van der Waals surface area contributed by atoms with Crippen LogP contribution >= 0.6 is 0 Å². The fourth-order valence-electron chi connectivity index (χ4n) is 1.94. The van der Waals surface area contributed by atoms with E-state index in [-0.39, 0.29) is 5.82 Å². The summed E-state index contributed by atoms with van der Waals surface area (Å²) in [6.07, 6.45) is 0.562. The molecule has 0 radical (unpaired) electrons. The zero-order valence-electron chi connectivity index (χ0n) is 9.79. The Kier molecular flexibility index (Phi) is 3.26. The number of rotatable bonds is 2. The topological polar surface area (TPSA) is 21.3 Å². The predicted molar refractivity (Wildman–Crippen MR) is 61.6 cm³/mol. The molecular formula is C13H18FNO. The molecule has 0 aliphatic carbocycles. The fourth-order valence-corrected chi connectivity index (χ4v) is 1.94. The second-order valence-corrected chi connectivity index (χ2v) is 4.80. The smallest absolute Gasteiger partial charge is 0.126 e. The normalized spacial score (nSPS) is 30.3. The van der Waals surface area contributed by atoms with Gasteiger partial charge in [-0.15, -0.1) is 0 Å². The van der Waals surface area contributed by atoms with E-state index in [0.717, 1.165) is 13.2 Å². The number of nitrogens with one attached hydrogen (secondary N) is 1. The maximum Gasteiger partial charge on any atom is 0.126 e. The summed E-state index contributed by atoms with van der Waals surface area (Å²) in [7, 11) is 0. The molecule has 0 aromatic heterocycles. The monoisotopic (exact) mass is 223 g/mol. The Balaban J connectivity index is 2.07. The molecule has 16 heavy (non-hydrogen) atoms. The first kappa shape index (κ1) is 11.6. The molecule has 1 heterocycles. The Labute approximate surface area is 95.8 Å². The molecule has 2 rings (SSSR count). The van der Waals surface area contributed by atoms with E-state index in [4.69, 9.17) is 4.74 Å². The first-order valence-corrected chi connectivity index (χ1v) is 5.71. The highest BCUT2D eigenvalue weighted by Gasteiger charge is 2.30. The van der Waals surface area contributed by atoms with Gasteiger partial charge < -0.3 is 4.74 Å². The minimum Gasteiger partial charge on any atom is -0.360 e. The quantitative estimate of drug-likeness (QED) is 0.831. The van der Waals surface area contributed by atoms with Crippen LogP contribution in [-0.2, 0) is 11.2 Å². The van der Waals surface area contributed by atoms with E-state index in [1.54, 1.807) is 6.07 Å². The number of halogens is 1. The number of benzene rings is 1. The average Bonchev–Trinajstić information content (AvgIpc) is 2.27. The van der Waals surface area contributed by atoms with Crippen LogP contribution in [0.4, 0.5) is 4.39 Å². The third kappa shape index (κ3) is 2.60. The van der Waals surface area contributed by atoms with E-state index in [2.05, 4.69) is 12.2 Å². The summed E-state index contributed by atoms with van der Waals surface area (Å²) in [6, 6.07) is 6.86. The van der Waals surface area contributed by atoms with Crippen LogP contribution in [0.5, 0.6) is 0 Å². The summed E-state index contributed by atoms with van der Waals surface area (Å²) < 4.78 is 19.3. The summed E-state index contributed by atoms with van der Waals surface area (Å²) in [4.78, 5) is 0. The molecule has 0 spiro atoms. The summed E-state index contributed by atoms with van der Waals surface area (Å²) in [6.45, 7) is 5.77. The van der Waals surface area contributed by atoms with E-state index < -0.39 is 5.72 Å². The molecule has 1 fully saturated rings. The summed E-state index contributed by atoms with van der Waals surface area (Å²) in [5.74, 6) is 0.362. The van der Waals surface area contributed by atoms with Crippen molar-refractivity contribution in [1.29, 1.82) is 0 Å². The van der Waals surface area contributed by atoms with E-state index >= 15 is 0 Å². The molecule has 88 valence electrons. The van der Waals surface area contributed by atoms with E-state index in [9.17, 15) is 4.39 Å². The van der Waals surface area contributed by atoms with Crippen molar-refractivity contribution in [2.24, 2.45) is 5.92 Å². The van der Waals surface area contributed by atoms with Crippen LogP contribution in [0.1, 0.15) is 19.4 Å². The van der Waals surface area contributed by atoms with Gasteiger partial charge in [-0.2, -0.15) is 0 Å². The second kappa shape index (κ2) is 4.52. The maximum absolute atomic E-state index is 13.5.